The molecule has 3 rings (SSSR count). The minimum Gasteiger partial charge on any atom is -0.359 e. The number of fused-ring (bicyclic) bond motifs is 2. The van der Waals surface area contributed by atoms with Gasteiger partial charge in [-0.15, -0.1) is 0 Å². The smallest absolute Gasteiger partial charge is 0.171 e. The number of rotatable bonds is 2. The van der Waals surface area contributed by atoms with Crippen LogP contribution in [0.3, 0.4) is 0 Å². The van der Waals surface area contributed by atoms with Gasteiger partial charge in [-0.1, -0.05) is 24.6 Å². The predicted octanol–water partition coefficient (Wildman–Crippen LogP) is 3.16. The lowest BCUT2D eigenvalue weighted by Crippen LogP contribution is -2.40. The van der Waals surface area contributed by atoms with E-state index in [-0.39, 0.29) is 0 Å². The second kappa shape index (κ2) is 4.65. The maximum Gasteiger partial charge on any atom is 0.171 e. The summed E-state index contributed by atoms with van der Waals surface area (Å²) < 4.78 is 0. The van der Waals surface area contributed by atoms with Crippen molar-refractivity contribution in [3.05, 3.63) is 30.3 Å². The Kier molecular flexibility index (Phi) is 3.02. The number of benzene rings is 1. The van der Waals surface area contributed by atoms with Gasteiger partial charge >= 0.3 is 0 Å². The van der Waals surface area contributed by atoms with Gasteiger partial charge in [0.25, 0.3) is 0 Å². The molecule has 1 aromatic carbocycles. The highest BCUT2D eigenvalue weighted by Gasteiger charge is 2.39. The predicted molar refractivity (Wildman–Crippen MR) is 75.0 cm³/mol. The third-order valence-electron chi connectivity index (χ3n) is 4.09. The van der Waals surface area contributed by atoms with E-state index in [9.17, 15) is 0 Å². The van der Waals surface area contributed by atoms with E-state index in [0.29, 0.717) is 6.04 Å². The van der Waals surface area contributed by atoms with Crippen LogP contribution in [0.1, 0.15) is 25.7 Å². The van der Waals surface area contributed by atoms with Crippen LogP contribution >= 0.6 is 12.2 Å². The monoisotopic (exact) mass is 246 g/mol. The highest BCUT2D eigenvalue weighted by Crippen LogP contribution is 2.44. The lowest BCUT2D eigenvalue weighted by atomic mass is 9.96. The number of thiocarbonyl (C=S) groups is 1. The molecule has 3 heteroatoms. The Morgan fingerprint density at radius 3 is 2.59 bits per heavy atom. The van der Waals surface area contributed by atoms with Crippen LogP contribution in [0, 0.1) is 11.8 Å². The van der Waals surface area contributed by atoms with E-state index in [4.69, 9.17) is 12.2 Å². The summed E-state index contributed by atoms with van der Waals surface area (Å²) >= 11 is 5.37. The topological polar surface area (TPSA) is 24.1 Å². The molecule has 0 aromatic heterocycles. The average Bonchev–Trinajstić information content (AvgIpc) is 2.92. The molecule has 2 aliphatic carbocycles. The summed E-state index contributed by atoms with van der Waals surface area (Å²) in [5.41, 5.74) is 1.06. The Bertz CT molecular complexity index is 404. The minimum atomic E-state index is 0.609. The molecule has 3 atom stereocenters. The van der Waals surface area contributed by atoms with Crippen LogP contribution in [0.25, 0.3) is 0 Å². The van der Waals surface area contributed by atoms with Crippen molar-refractivity contribution in [2.45, 2.75) is 31.7 Å². The fourth-order valence-electron chi connectivity index (χ4n) is 3.28. The molecule has 1 aromatic rings. The van der Waals surface area contributed by atoms with Gasteiger partial charge in [0, 0.05) is 11.7 Å². The number of para-hydroxylation sites is 1. The molecule has 0 saturated heterocycles. The van der Waals surface area contributed by atoms with E-state index in [2.05, 4.69) is 10.6 Å². The van der Waals surface area contributed by atoms with Gasteiger partial charge in [-0.05, 0) is 55.4 Å². The molecular formula is C14H18N2S. The Hall–Kier alpha value is -1.09. The number of hydrogen-bond acceptors (Lipinski definition) is 1. The first-order valence-corrected chi connectivity index (χ1v) is 6.84. The lowest BCUT2D eigenvalue weighted by molar-refractivity contribution is 0.392. The molecule has 2 aliphatic rings. The molecule has 2 fully saturated rings. The van der Waals surface area contributed by atoms with E-state index >= 15 is 0 Å². The standard InChI is InChI=1S/C14H18N2S/c17-14(15-12-4-2-1-3-5-12)16-13-9-10-6-7-11(13)8-10/h1-5,10-11,13H,6-9H2,(H2,15,16,17)/t10-,11+,13-/m1/s1. The van der Waals surface area contributed by atoms with Gasteiger partial charge in [0.2, 0.25) is 0 Å². The third kappa shape index (κ3) is 2.44. The summed E-state index contributed by atoms with van der Waals surface area (Å²) in [4.78, 5) is 0. The molecule has 2 bridgehead atoms. The second-order valence-electron chi connectivity index (χ2n) is 5.25. The second-order valence-corrected chi connectivity index (χ2v) is 5.65. The van der Waals surface area contributed by atoms with E-state index in [1.807, 2.05) is 30.3 Å². The first-order valence-electron chi connectivity index (χ1n) is 6.44. The van der Waals surface area contributed by atoms with Crippen molar-refractivity contribution in [2.24, 2.45) is 11.8 Å². The minimum absolute atomic E-state index is 0.609. The zero-order valence-corrected chi connectivity index (χ0v) is 10.7. The molecule has 0 unspecified atom stereocenters. The highest BCUT2D eigenvalue weighted by molar-refractivity contribution is 7.80. The summed E-state index contributed by atoms with van der Waals surface area (Å²) in [6.45, 7) is 0. The van der Waals surface area contributed by atoms with Crippen molar-refractivity contribution in [1.29, 1.82) is 0 Å². The third-order valence-corrected chi connectivity index (χ3v) is 4.31. The summed E-state index contributed by atoms with van der Waals surface area (Å²) in [7, 11) is 0. The Labute approximate surface area is 108 Å². The summed E-state index contributed by atoms with van der Waals surface area (Å²) in [5.74, 6) is 1.81. The zero-order valence-electron chi connectivity index (χ0n) is 9.86. The normalized spacial score (nSPS) is 30.2. The zero-order chi connectivity index (χ0) is 11.7. The van der Waals surface area contributed by atoms with Crippen LogP contribution in [0.4, 0.5) is 5.69 Å². The summed E-state index contributed by atoms with van der Waals surface area (Å²) in [6.07, 6.45) is 5.53. The summed E-state index contributed by atoms with van der Waals surface area (Å²) in [6, 6.07) is 10.7. The van der Waals surface area contributed by atoms with Crippen molar-refractivity contribution < 1.29 is 0 Å². The van der Waals surface area contributed by atoms with Gasteiger partial charge in [-0.2, -0.15) is 0 Å². The van der Waals surface area contributed by atoms with Gasteiger partial charge in [0.15, 0.2) is 5.11 Å². The molecule has 0 spiro atoms. The molecule has 0 heterocycles. The van der Waals surface area contributed by atoms with E-state index in [0.717, 1.165) is 22.6 Å². The van der Waals surface area contributed by atoms with Crippen molar-refractivity contribution in [3.8, 4) is 0 Å². The largest absolute Gasteiger partial charge is 0.359 e. The van der Waals surface area contributed by atoms with E-state index in [1.165, 1.54) is 25.7 Å². The van der Waals surface area contributed by atoms with Crippen molar-refractivity contribution in [1.82, 2.24) is 5.32 Å². The van der Waals surface area contributed by atoms with Crippen LogP contribution in [0.5, 0.6) is 0 Å². The van der Waals surface area contributed by atoms with Crippen molar-refractivity contribution >= 4 is 23.0 Å². The van der Waals surface area contributed by atoms with Gasteiger partial charge in [0.05, 0.1) is 0 Å². The number of nitrogens with one attached hydrogen (secondary N) is 2. The molecule has 2 nitrogen and oxygen atoms in total. The first kappa shape index (κ1) is 11.0. The molecule has 0 radical (unpaired) electrons. The molecule has 2 saturated carbocycles. The molecule has 90 valence electrons. The van der Waals surface area contributed by atoms with Crippen LogP contribution < -0.4 is 10.6 Å². The summed E-state index contributed by atoms with van der Waals surface area (Å²) in [5, 5.41) is 7.50. The molecule has 2 N–H and O–H groups in total. The van der Waals surface area contributed by atoms with E-state index < -0.39 is 0 Å². The highest BCUT2D eigenvalue weighted by atomic mass is 32.1. The van der Waals surface area contributed by atoms with Crippen LogP contribution in [-0.2, 0) is 0 Å². The Morgan fingerprint density at radius 2 is 1.94 bits per heavy atom. The fraction of sp³-hybridized carbons (Fsp3) is 0.500. The van der Waals surface area contributed by atoms with Gasteiger partial charge < -0.3 is 10.6 Å². The quantitative estimate of drug-likeness (QED) is 0.784. The van der Waals surface area contributed by atoms with Crippen LogP contribution in [0.15, 0.2) is 30.3 Å². The maximum atomic E-state index is 5.37. The molecule has 17 heavy (non-hydrogen) atoms. The van der Waals surface area contributed by atoms with Crippen LogP contribution in [-0.4, -0.2) is 11.2 Å². The number of anilines is 1. The maximum absolute atomic E-state index is 5.37. The Morgan fingerprint density at radius 1 is 1.12 bits per heavy atom. The van der Waals surface area contributed by atoms with Gasteiger partial charge in [-0.25, -0.2) is 0 Å². The lowest BCUT2D eigenvalue weighted by Gasteiger charge is -2.24. The van der Waals surface area contributed by atoms with Gasteiger partial charge in [-0.3, -0.25) is 0 Å². The van der Waals surface area contributed by atoms with Crippen molar-refractivity contribution in [2.75, 3.05) is 5.32 Å². The SMILES string of the molecule is S=C(Nc1ccccc1)N[C@@H]1C[C@@H]2CC[C@H]1C2. The van der Waals surface area contributed by atoms with E-state index in [1.54, 1.807) is 0 Å². The molecule has 0 amide bonds. The first-order chi connectivity index (χ1) is 8.31. The van der Waals surface area contributed by atoms with Crippen molar-refractivity contribution in [3.63, 3.8) is 0 Å². The van der Waals surface area contributed by atoms with Gasteiger partial charge in [0.1, 0.15) is 0 Å². The Balaban J connectivity index is 1.54. The fourth-order valence-corrected chi connectivity index (χ4v) is 3.55. The molecule has 0 aliphatic heterocycles. The number of hydrogen-bond donors (Lipinski definition) is 2. The average molecular weight is 246 g/mol. The van der Waals surface area contributed by atoms with Crippen LogP contribution in [0.2, 0.25) is 0 Å². The molecular weight excluding hydrogens is 228 g/mol.